The first-order valence-corrected chi connectivity index (χ1v) is 16.0. The van der Waals surface area contributed by atoms with Crippen LogP contribution in [0, 0.1) is 12.3 Å². The lowest BCUT2D eigenvalue weighted by atomic mass is 9.84. The number of rotatable bonds is 12. The third kappa shape index (κ3) is 9.09. The maximum Gasteiger partial charge on any atom is 0.303 e. The van der Waals surface area contributed by atoms with E-state index in [0.717, 1.165) is 35.5 Å². The van der Waals surface area contributed by atoms with E-state index in [9.17, 15) is 19.2 Å². The summed E-state index contributed by atoms with van der Waals surface area (Å²) in [6, 6.07) is 13.9. The molecule has 1 saturated carbocycles. The first-order valence-electron chi connectivity index (χ1n) is 16.0. The van der Waals surface area contributed by atoms with Crippen molar-refractivity contribution in [1.29, 1.82) is 0 Å². The summed E-state index contributed by atoms with van der Waals surface area (Å²) in [4.78, 5) is 48.3. The number of aryl methyl sites for hydroxylation is 1. The van der Waals surface area contributed by atoms with Crippen LogP contribution in [-0.2, 0) is 49.3 Å². The van der Waals surface area contributed by atoms with Gasteiger partial charge < -0.3 is 28.4 Å². The lowest BCUT2D eigenvalue weighted by Gasteiger charge is -2.44. The molecule has 10 heteroatoms. The smallest absolute Gasteiger partial charge is 0.303 e. The van der Waals surface area contributed by atoms with Crippen LogP contribution in [0.3, 0.4) is 0 Å². The standard InChI is InChI=1S/C36H46O10/c1-7-36(16-8-9-17-36)21-42-30-14-11-27(12-15-30)18-29-19-28(13-10-22(29)2)32-34(44-25(5)39)35(45-26(6)40)33(43-24(4)38)31(46-32)20-41-23(3)37/h10-15,19,31-35H,7-9,16-18,20-21H2,1-6H3/t31-,32-,33-,34+,35+/m1/s1. The molecule has 46 heavy (non-hydrogen) atoms. The van der Waals surface area contributed by atoms with Gasteiger partial charge in [-0.2, -0.15) is 0 Å². The van der Waals surface area contributed by atoms with Gasteiger partial charge in [-0.15, -0.1) is 0 Å². The van der Waals surface area contributed by atoms with Crippen LogP contribution in [0.5, 0.6) is 5.75 Å². The second kappa shape index (κ2) is 15.6. The Hall–Kier alpha value is -3.92. The topological polar surface area (TPSA) is 124 Å². The summed E-state index contributed by atoms with van der Waals surface area (Å²) >= 11 is 0. The fourth-order valence-electron chi connectivity index (χ4n) is 6.44. The molecule has 2 aromatic carbocycles. The number of hydrogen-bond donors (Lipinski definition) is 0. The number of hydrogen-bond acceptors (Lipinski definition) is 10. The fraction of sp³-hybridized carbons (Fsp3) is 0.556. The first-order chi connectivity index (χ1) is 21.9. The minimum absolute atomic E-state index is 0.277. The predicted molar refractivity (Wildman–Crippen MR) is 168 cm³/mol. The van der Waals surface area contributed by atoms with Crippen LogP contribution >= 0.6 is 0 Å². The van der Waals surface area contributed by atoms with Crippen molar-refractivity contribution in [2.45, 2.75) is 111 Å². The van der Waals surface area contributed by atoms with Crippen LogP contribution in [0.4, 0.5) is 0 Å². The Kier molecular flexibility index (Phi) is 11.8. The van der Waals surface area contributed by atoms with E-state index in [-0.39, 0.29) is 12.0 Å². The van der Waals surface area contributed by atoms with Crippen molar-refractivity contribution < 1.29 is 47.6 Å². The molecule has 2 fully saturated rings. The molecule has 0 bridgehead atoms. The molecule has 0 N–H and O–H groups in total. The molecule has 1 aliphatic carbocycles. The Morgan fingerprint density at radius 2 is 1.41 bits per heavy atom. The predicted octanol–water partition coefficient (Wildman–Crippen LogP) is 5.73. The maximum atomic E-state index is 12.3. The van der Waals surface area contributed by atoms with Gasteiger partial charge in [0.25, 0.3) is 0 Å². The third-order valence-corrected chi connectivity index (χ3v) is 8.97. The van der Waals surface area contributed by atoms with Gasteiger partial charge in [-0.3, -0.25) is 19.2 Å². The summed E-state index contributed by atoms with van der Waals surface area (Å²) < 4.78 is 34.6. The van der Waals surface area contributed by atoms with Crippen LogP contribution < -0.4 is 4.74 Å². The van der Waals surface area contributed by atoms with Crippen molar-refractivity contribution in [2.24, 2.45) is 5.41 Å². The summed E-state index contributed by atoms with van der Waals surface area (Å²) in [5.74, 6) is -1.69. The number of benzene rings is 2. The molecule has 250 valence electrons. The van der Waals surface area contributed by atoms with Crippen molar-refractivity contribution in [3.05, 3.63) is 64.7 Å². The summed E-state index contributed by atoms with van der Waals surface area (Å²) in [6.45, 7) is 9.60. The van der Waals surface area contributed by atoms with E-state index in [2.05, 4.69) is 19.1 Å². The van der Waals surface area contributed by atoms with Gasteiger partial charge in [0.2, 0.25) is 0 Å². The molecule has 0 radical (unpaired) electrons. The highest BCUT2D eigenvalue weighted by Crippen LogP contribution is 2.41. The van der Waals surface area contributed by atoms with Crippen molar-refractivity contribution in [2.75, 3.05) is 13.2 Å². The van der Waals surface area contributed by atoms with E-state index in [1.54, 1.807) is 0 Å². The fourth-order valence-corrected chi connectivity index (χ4v) is 6.44. The van der Waals surface area contributed by atoms with Gasteiger partial charge in [-0.25, -0.2) is 0 Å². The molecule has 4 rings (SSSR count). The average molecular weight is 639 g/mol. The monoisotopic (exact) mass is 638 g/mol. The van der Waals surface area contributed by atoms with Crippen molar-refractivity contribution >= 4 is 23.9 Å². The molecule has 5 atom stereocenters. The molecule has 0 spiro atoms. The van der Waals surface area contributed by atoms with Crippen molar-refractivity contribution in [1.82, 2.24) is 0 Å². The van der Waals surface area contributed by atoms with E-state index < -0.39 is 54.4 Å². The van der Waals surface area contributed by atoms with E-state index in [1.165, 1.54) is 53.4 Å². The van der Waals surface area contributed by atoms with Crippen LogP contribution in [0.2, 0.25) is 0 Å². The quantitative estimate of drug-likeness (QED) is 0.210. The van der Waals surface area contributed by atoms with Crippen LogP contribution in [0.1, 0.15) is 95.1 Å². The van der Waals surface area contributed by atoms with Gasteiger partial charge in [0.05, 0.1) is 6.61 Å². The van der Waals surface area contributed by atoms with Crippen LogP contribution in [0.15, 0.2) is 42.5 Å². The van der Waals surface area contributed by atoms with Gasteiger partial charge in [0, 0.05) is 33.1 Å². The van der Waals surface area contributed by atoms with Gasteiger partial charge in [-0.1, -0.05) is 50.1 Å². The van der Waals surface area contributed by atoms with Crippen molar-refractivity contribution in [3.8, 4) is 5.75 Å². The van der Waals surface area contributed by atoms with Crippen molar-refractivity contribution in [3.63, 3.8) is 0 Å². The number of ether oxygens (including phenoxy) is 6. The highest BCUT2D eigenvalue weighted by atomic mass is 16.7. The summed E-state index contributed by atoms with van der Waals surface area (Å²) in [7, 11) is 0. The Bertz CT molecular complexity index is 1380. The minimum Gasteiger partial charge on any atom is -0.493 e. The van der Waals surface area contributed by atoms with E-state index >= 15 is 0 Å². The van der Waals surface area contributed by atoms with E-state index in [4.69, 9.17) is 28.4 Å². The van der Waals surface area contributed by atoms with Gasteiger partial charge in [0.1, 0.15) is 24.6 Å². The molecule has 0 aromatic heterocycles. The Balaban J connectivity index is 1.60. The molecule has 10 nitrogen and oxygen atoms in total. The summed E-state index contributed by atoms with van der Waals surface area (Å²) in [6.07, 6.45) is 1.19. The van der Waals surface area contributed by atoms with Gasteiger partial charge in [0.15, 0.2) is 18.3 Å². The highest BCUT2D eigenvalue weighted by molar-refractivity contribution is 5.69. The second-order valence-corrected chi connectivity index (χ2v) is 12.5. The molecule has 1 aliphatic heterocycles. The zero-order chi connectivity index (χ0) is 33.4. The van der Waals surface area contributed by atoms with Crippen LogP contribution in [0.25, 0.3) is 0 Å². The lowest BCUT2D eigenvalue weighted by Crippen LogP contribution is -2.59. The molecule has 1 heterocycles. The third-order valence-electron chi connectivity index (χ3n) is 8.97. The largest absolute Gasteiger partial charge is 0.493 e. The van der Waals surface area contributed by atoms with Gasteiger partial charge >= 0.3 is 23.9 Å². The first kappa shape index (κ1) is 34.9. The Morgan fingerprint density at radius 1 is 0.804 bits per heavy atom. The minimum atomic E-state index is -1.22. The average Bonchev–Trinajstić information content (AvgIpc) is 3.48. The molecule has 1 saturated heterocycles. The Labute approximate surface area is 271 Å². The van der Waals surface area contributed by atoms with E-state index in [1.807, 2.05) is 37.3 Å². The molecule has 0 amide bonds. The zero-order valence-electron chi connectivity index (χ0n) is 27.7. The van der Waals surface area contributed by atoms with Gasteiger partial charge in [-0.05, 0) is 67.0 Å². The maximum absolute atomic E-state index is 12.3. The second-order valence-electron chi connectivity index (χ2n) is 12.5. The normalized spacial score (nSPS) is 23.7. The SMILES string of the molecule is CCC1(COc2ccc(Cc3cc([C@H]4O[C@H](COC(C)=O)[C@@H](OC(C)=O)[C@H](OC(C)=O)[C@H]4OC(C)=O)ccc3C)cc2)CCCC1. The molecular formula is C36H46O10. The molecular weight excluding hydrogens is 592 g/mol. The summed E-state index contributed by atoms with van der Waals surface area (Å²) in [5.41, 5.74) is 4.07. The highest BCUT2D eigenvalue weighted by Gasteiger charge is 2.52. The lowest BCUT2D eigenvalue weighted by molar-refractivity contribution is -0.254. The van der Waals surface area contributed by atoms with E-state index in [0.29, 0.717) is 12.0 Å². The summed E-state index contributed by atoms with van der Waals surface area (Å²) in [5, 5.41) is 0. The number of carbonyl (C=O) groups excluding carboxylic acids is 4. The number of esters is 4. The molecule has 2 aromatic rings. The number of carbonyl (C=O) groups is 4. The Morgan fingerprint density at radius 3 is 2.00 bits per heavy atom. The zero-order valence-corrected chi connectivity index (χ0v) is 27.7. The molecule has 0 unspecified atom stereocenters. The molecule has 2 aliphatic rings. The van der Waals surface area contributed by atoms with Crippen LogP contribution in [-0.4, -0.2) is 61.5 Å².